The number of phenolic OH excluding ortho intramolecular Hbond substituents is 1. The summed E-state index contributed by atoms with van der Waals surface area (Å²) in [5.74, 6) is -0.230. The minimum Gasteiger partial charge on any atom is -0.506 e. The summed E-state index contributed by atoms with van der Waals surface area (Å²) in [6.45, 7) is 1.42. The molecule has 0 amide bonds. The molecule has 0 saturated carbocycles. The van der Waals surface area contributed by atoms with E-state index in [2.05, 4.69) is 5.32 Å². The van der Waals surface area contributed by atoms with Gasteiger partial charge >= 0.3 is 0 Å². The normalized spacial score (nSPS) is 9.56. The number of aliphatic hydroxyl groups is 2. The SMILES string of the molecule is O=Cc1cc(Cl)cc(Cl)c1O.OCCNCCO. The van der Waals surface area contributed by atoms with E-state index in [0.29, 0.717) is 24.4 Å². The van der Waals surface area contributed by atoms with Crippen LogP contribution in [0.15, 0.2) is 12.1 Å². The Morgan fingerprint density at radius 2 is 1.72 bits per heavy atom. The molecule has 0 bridgehead atoms. The Morgan fingerprint density at radius 1 is 1.17 bits per heavy atom. The van der Waals surface area contributed by atoms with Gasteiger partial charge in [-0.3, -0.25) is 4.79 Å². The van der Waals surface area contributed by atoms with Crippen LogP contribution < -0.4 is 5.32 Å². The van der Waals surface area contributed by atoms with Crippen LogP contribution in [0.1, 0.15) is 10.4 Å². The van der Waals surface area contributed by atoms with E-state index in [1.54, 1.807) is 0 Å². The zero-order chi connectivity index (χ0) is 14.0. The van der Waals surface area contributed by atoms with Crippen molar-refractivity contribution < 1.29 is 20.1 Å². The minimum absolute atomic E-state index is 0.0830. The predicted molar refractivity (Wildman–Crippen MR) is 70.6 cm³/mol. The number of benzene rings is 1. The monoisotopic (exact) mass is 295 g/mol. The molecular weight excluding hydrogens is 281 g/mol. The molecule has 0 aliphatic heterocycles. The fourth-order valence-electron chi connectivity index (χ4n) is 0.959. The van der Waals surface area contributed by atoms with Gasteiger partial charge in [-0.25, -0.2) is 0 Å². The second-order valence-corrected chi connectivity index (χ2v) is 3.98. The Morgan fingerprint density at radius 3 is 2.17 bits per heavy atom. The lowest BCUT2D eigenvalue weighted by molar-refractivity contribution is 0.112. The van der Waals surface area contributed by atoms with E-state index in [9.17, 15) is 4.79 Å². The summed E-state index contributed by atoms with van der Waals surface area (Å²) in [5, 5.41) is 28.6. The van der Waals surface area contributed by atoms with Crippen molar-refractivity contribution in [2.45, 2.75) is 0 Å². The van der Waals surface area contributed by atoms with Gasteiger partial charge in [0, 0.05) is 18.1 Å². The molecule has 0 atom stereocenters. The molecule has 4 N–H and O–H groups in total. The average Bonchev–Trinajstić information content (AvgIpc) is 2.35. The lowest BCUT2D eigenvalue weighted by atomic mass is 10.2. The van der Waals surface area contributed by atoms with Gasteiger partial charge in [-0.15, -0.1) is 0 Å². The lowest BCUT2D eigenvalue weighted by Crippen LogP contribution is -2.21. The summed E-state index contributed by atoms with van der Waals surface area (Å²) in [4.78, 5) is 10.3. The third-order valence-corrected chi connectivity index (χ3v) is 2.27. The van der Waals surface area contributed by atoms with Gasteiger partial charge in [-0.1, -0.05) is 23.2 Å². The van der Waals surface area contributed by atoms with Crippen molar-refractivity contribution >= 4 is 29.5 Å². The van der Waals surface area contributed by atoms with Crippen molar-refractivity contribution in [3.63, 3.8) is 0 Å². The zero-order valence-corrected chi connectivity index (χ0v) is 11.1. The number of aldehydes is 1. The Balaban J connectivity index is 0.000000360. The van der Waals surface area contributed by atoms with Gasteiger partial charge in [0.1, 0.15) is 5.75 Å². The molecule has 7 heteroatoms. The number of carbonyl (C=O) groups excluding carboxylic acids is 1. The van der Waals surface area contributed by atoms with Crippen LogP contribution in [-0.2, 0) is 0 Å². The van der Waals surface area contributed by atoms with Gasteiger partial charge in [0.15, 0.2) is 6.29 Å². The topological polar surface area (TPSA) is 89.8 Å². The summed E-state index contributed by atoms with van der Waals surface area (Å²) in [5.41, 5.74) is 0.0995. The molecule has 18 heavy (non-hydrogen) atoms. The summed E-state index contributed by atoms with van der Waals surface area (Å²) in [6.07, 6.45) is 0.493. The Labute approximate surface area is 115 Å². The molecule has 0 heterocycles. The molecule has 0 aliphatic rings. The van der Waals surface area contributed by atoms with E-state index in [4.69, 9.17) is 38.5 Å². The van der Waals surface area contributed by atoms with Crippen molar-refractivity contribution in [1.82, 2.24) is 5.32 Å². The number of aromatic hydroxyl groups is 1. The van der Waals surface area contributed by atoms with Gasteiger partial charge in [-0.2, -0.15) is 0 Å². The van der Waals surface area contributed by atoms with Crippen LogP contribution in [0, 0.1) is 0 Å². The van der Waals surface area contributed by atoms with Crippen molar-refractivity contribution in [1.29, 1.82) is 0 Å². The van der Waals surface area contributed by atoms with Crippen LogP contribution in [-0.4, -0.2) is 47.9 Å². The molecule has 0 fully saturated rings. The maximum atomic E-state index is 10.3. The first kappa shape index (κ1) is 17.2. The number of nitrogens with one attached hydrogen (secondary N) is 1. The third kappa shape index (κ3) is 6.78. The van der Waals surface area contributed by atoms with Crippen molar-refractivity contribution in [2.75, 3.05) is 26.3 Å². The number of hydrogen-bond donors (Lipinski definition) is 4. The molecule has 0 aliphatic carbocycles. The van der Waals surface area contributed by atoms with E-state index in [1.807, 2.05) is 0 Å². The molecule has 1 rings (SSSR count). The standard InChI is InChI=1S/C7H4Cl2O2.C4H11NO2/c8-5-1-4(3-10)7(11)6(9)2-5;6-3-1-5-2-4-7/h1-3,11H;5-7H,1-4H2. The van der Waals surface area contributed by atoms with Crippen molar-refractivity contribution in [3.8, 4) is 5.75 Å². The summed E-state index contributed by atoms with van der Waals surface area (Å²) in [7, 11) is 0. The van der Waals surface area contributed by atoms with Gasteiger partial charge in [0.05, 0.1) is 23.8 Å². The summed E-state index contributed by atoms with van der Waals surface area (Å²) in [6, 6.07) is 2.71. The molecule has 102 valence electrons. The largest absolute Gasteiger partial charge is 0.506 e. The molecular formula is C11H15Cl2NO4. The van der Waals surface area contributed by atoms with Crippen molar-refractivity contribution in [2.24, 2.45) is 0 Å². The first-order chi connectivity index (χ1) is 8.56. The van der Waals surface area contributed by atoms with Crippen LogP contribution in [0.25, 0.3) is 0 Å². The number of carbonyl (C=O) groups is 1. The molecule has 0 unspecified atom stereocenters. The molecule has 1 aromatic rings. The smallest absolute Gasteiger partial charge is 0.153 e. The van der Waals surface area contributed by atoms with Crippen LogP contribution in [0.3, 0.4) is 0 Å². The average molecular weight is 296 g/mol. The minimum atomic E-state index is -0.230. The molecule has 0 spiro atoms. The van der Waals surface area contributed by atoms with Gasteiger partial charge < -0.3 is 20.6 Å². The fraction of sp³-hybridized carbons (Fsp3) is 0.364. The highest BCUT2D eigenvalue weighted by atomic mass is 35.5. The van der Waals surface area contributed by atoms with Crippen LogP contribution in [0.5, 0.6) is 5.75 Å². The highest BCUT2D eigenvalue weighted by Crippen LogP contribution is 2.29. The van der Waals surface area contributed by atoms with E-state index < -0.39 is 0 Å². The number of aliphatic hydroxyl groups excluding tert-OH is 2. The van der Waals surface area contributed by atoms with E-state index in [0.717, 1.165) is 0 Å². The van der Waals surface area contributed by atoms with Crippen LogP contribution >= 0.6 is 23.2 Å². The van der Waals surface area contributed by atoms with E-state index >= 15 is 0 Å². The second kappa shape index (κ2) is 10.1. The summed E-state index contributed by atoms with van der Waals surface area (Å²) >= 11 is 11.1. The summed E-state index contributed by atoms with van der Waals surface area (Å²) < 4.78 is 0. The number of hydrogen-bond acceptors (Lipinski definition) is 5. The van der Waals surface area contributed by atoms with Crippen LogP contribution in [0.2, 0.25) is 10.0 Å². The molecule has 0 saturated heterocycles. The number of rotatable bonds is 5. The first-order valence-corrected chi connectivity index (χ1v) is 5.88. The quantitative estimate of drug-likeness (QED) is 0.482. The Kier molecular flexibility index (Phi) is 9.63. The first-order valence-electron chi connectivity index (χ1n) is 5.12. The number of halogens is 2. The van der Waals surface area contributed by atoms with Crippen molar-refractivity contribution in [3.05, 3.63) is 27.7 Å². The van der Waals surface area contributed by atoms with Gasteiger partial charge in [0.25, 0.3) is 0 Å². The molecule has 5 nitrogen and oxygen atoms in total. The maximum absolute atomic E-state index is 10.3. The predicted octanol–water partition coefficient (Wildman–Crippen LogP) is 1.07. The highest BCUT2D eigenvalue weighted by Gasteiger charge is 2.05. The fourth-order valence-corrected chi connectivity index (χ4v) is 1.47. The molecule has 1 aromatic carbocycles. The van der Waals surface area contributed by atoms with Gasteiger partial charge in [-0.05, 0) is 12.1 Å². The van der Waals surface area contributed by atoms with Gasteiger partial charge in [0.2, 0.25) is 0 Å². The maximum Gasteiger partial charge on any atom is 0.153 e. The van der Waals surface area contributed by atoms with E-state index in [1.165, 1.54) is 12.1 Å². The second-order valence-electron chi connectivity index (χ2n) is 3.14. The number of phenols is 1. The lowest BCUT2D eigenvalue weighted by Gasteiger charge is -1.99. The molecule has 0 aromatic heterocycles. The Bertz CT molecular complexity index is 370. The highest BCUT2D eigenvalue weighted by molar-refractivity contribution is 6.36. The zero-order valence-electron chi connectivity index (χ0n) is 9.57. The third-order valence-electron chi connectivity index (χ3n) is 1.76. The Hall–Kier alpha value is -0.850. The van der Waals surface area contributed by atoms with E-state index in [-0.39, 0.29) is 29.5 Å². The molecule has 0 radical (unpaired) electrons. The van der Waals surface area contributed by atoms with Crippen LogP contribution in [0.4, 0.5) is 0 Å².